The molecule has 1 aliphatic heterocycles. The lowest BCUT2D eigenvalue weighted by Crippen LogP contribution is -2.58. The van der Waals surface area contributed by atoms with Crippen molar-refractivity contribution in [3.8, 4) is 0 Å². The number of nitro groups is 2. The van der Waals surface area contributed by atoms with Crippen LogP contribution in [0.15, 0.2) is 23.3 Å². The number of hydrogen-bond donors (Lipinski definition) is 1. The van der Waals surface area contributed by atoms with Crippen molar-refractivity contribution < 1.29 is 24.2 Å². The smallest absolute Gasteiger partial charge is 0.273 e. The minimum absolute atomic E-state index is 0.0381. The van der Waals surface area contributed by atoms with Gasteiger partial charge in [0, 0.05) is 20.2 Å². The van der Waals surface area contributed by atoms with Crippen molar-refractivity contribution in [1.29, 1.82) is 0 Å². The molecule has 4 amide bonds. The number of hydrogen-bond acceptors (Lipinski definition) is 9. The zero-order chi connectivity index (χ0) is 20.5. The van der Waals surface area contributed by atoms with Crippen molar-refractivity contribution in [2.24, 2.45) is 11.0 Å². The average molecular weight is 378 g/mol. The summed E-state index contributed by atoms with van der Waals surface area (Å²) in [6.45, 7) is 1.34. The van der Waals surface area contributed by atoms with Gasteiger partial charge in [-0.15, -0.1) is 0 Å². The molecular formula is C14H14N6O7. The largest absolute Gasteiger partial charge is 0.332 e. The zero-order valence-corrected chi connectivity index (χ0v) is 14.4. The van der Waals surface area contributed by atoms with E-state index in [-0.39, 0.29) is 11.4 Å². The molecule has 1 heterocycles. The summed E-state index contributed by atoms with van der Waals surface area (Å²) in [6, 6.07) is 2.09. The van der Waals surface area contributed by atoms with E-state index in [2.05, 4.69) is 10.5 Å². The monoisotopic (exact) mass is 378 g/mol. The molecule has 13 heteroatoms. The highest BCUT2D eigenvalue weighted by molar-refractivity contribution is 6.27. The average Bonchev–Trinajstić information content (AvgIpc) is 2.62. The maximum Gasteiger partial charge on any atom is 0.332 e. The van der Waals surface area contributed by atoms with E-state index in [0.717, 1.165) is 28.0 Å². The number of benzene rings is 1. The number of nitrogens with zero attached hydrogens (tertiary/aromatic N) is 5. The molecule has 0 bridgehead atoms. The lowest BCUT2D eigenvalue weighted by atomic mass is 9.99. The molecule has 0 radical (unpaired) electrons. The Bertz CT molecular complexity index is 872. The predicted molar refractivity (Wildman–Crippen MR) is 90.9 cm³/mol. The van der Waals surface area contributed by atoms with Crippen molar-refractivity contribution in [2.75, 3.05) is 19.5 Å². The summed E-state index contributed by atoms with van der Waals surface area (Å²) in [5, 5.41) is 25.7. The summed E-state index contributed by atoms with van der Waals surface area (Å²) in [5.41, 5.74) is 1.05. The van der Waals surface area contributed by atoms with Gasteiger partial charge in [0.05, 0.1) is 21.6 Å². The van der Waals surface area contributed by atoms with Crippen LogP contribution in [0.4, 0.5) is 21.9 Å². The molecule has 142 valence electrons. The Labute approximate surface area is 151 Å². The highest BCUT2D eigenvalue weighted by Gasteiger charge is 2.44. The molecule has 27 heavy (non-hydrogen) atoms. The number of carbonyl (C=O) groups is 3. The number of amides is 4. The van der Waals surface area contributed by atoms with Gasteiger partial charge in [0.1, 0.15) is 5.69 Å². The third kappa shape index (κ3) is 3.56. The summed E-state index contributed by atoms with van der Waals surface area (Å²) >= 11 is 0. The molecule has 0 atom stereocenters. The Balaban J connectivity index is 2.33. The molecular weight excluding hydrogens is 364 g/mol. The van der Waals surface area contributed by atoms with Crippen molar-refractivity contribution >= 4 is 40.6 Å². The third-order valence-electron chi connectivity index (χ3n) is 3.89. The summed E-state index contributed by atoms with van der Waals surface area (Å²) in [6.07, 6.45) is 0. The molecule has 0 aromatic heterocycles. The fourth-order valence-electron chi connectivity index (χ4n) is 2.36. The first-order valence-corrected chi connectivity index (χ1v) is 7.38. The predicted octanol–water partition coefficient (Wildman–Crippen LogP) is 0.957. The van der Waals surface area contributed by atoms with Crippen molar-refractivity contribution in [2.45, 2.75) is 6.92 Å². The molecule has 0 unspecified atom stereocenters. The van der Waals surface area contributed by atoms with Crippen LogP contribution < -0.4 is 5.43 Å². The summed E-state index contributed by atoms with van der Waals surface area (Å²) in [4.78, 5) is 57.9. The number of non-ortho nitro benzene ring substituents is 1. The van der Waals surface area contributed by atoms with E-state index < -0.39 is 45.0 Å². The van der Waals surface area contributed by atoms with E-state index in [4.69, 9.17) is 0 Å². The van der Waals surface area contributed by atoms with Gasteiger partial charge in [-0.05, 0) is 13.0 Å². The molecule has 1 aromatic rings. The van der Waals surface area contributed by atoms with Crippen molar-refractivity contribution in [3.05, 3.63) is 38.4 Å². The van der Waals surface area contributed by atoms with Crippen LogP contribution in [0, 0.1) is 26.1 Å². The number of barbiturate groups is 1. The second kappa shape index (κ2) is 7.15. The minimum atomic E-state index is -1.37. The lowest BCUT2D eigenvalue weighted by Gasteiger charge is -2.32. The fraction of sp³-hybridized carbons (Fsp3) is 0.286. The molecule has 1 fully saturated rings. The Morgan fingerprint density at radius 3 is 2.11 bits per heavy atom. The van der Waals surface area contributed by atoms with E-state index in [0.29, 0.717) is 0 Å². The fourth-order valence-corrected chi connectivity index (χ4v) is 2.36. The molecule has 0 spiro atoms. The van der Waals surface area contributed by atoms with Gasteiger partial charge < -0.3 is 0 Å². The highest BCUT2D eigenvalue weighted by atomic mass is 16.6. The van der Waals surface area contributed by atoms with Gasteiger partial charge in [0.25, 0.3) is 5.69 Å². The van der Waals surface area contributed by atoms with Gasteiger partial charge >= 0.3 is 11.7 Å². The maximum absolute atomic E-state index is 12.2. The van der Waals surface area contributed by atoms with E-state index in [9.17, 15) is 34.6 Å². The van der Waals surface area contributed by atoms with Gasteiger partial charge in [-0.25, -0.2) is 4.79 Å². The van der Waals surface area contributed by atoms with Crippen LogP contribution in [-0.4, -0.2) is 57.3 Å². The first-order chi connectivity index (χ1) is 12.6. The molecule has 0 aliphatic carbocycles. The Kier molecular flexibility index (Phi) is 5.14. The Morgan fingerprint density at radius 1 is 1.07 bits per heavy atom. The number of nitrogens with one attached hydrogen (secondary N) is 1. The van der Waals surface area contributed by atoms with Crippen LogP contribution in [-0.2, 0) is 9.59 Å². The zero-order valence-electron chi connectivity index (χ0n) is 14.4. The maximum atomic E-state index is 12.2. The SMILES string of the molecule is CC(=NNc1ccc([N+](=O)[O-])cc1[N+](=O)[O-])C1C(=O)N(C)C(=O)N(C)C1=O. The number of nitro benzene ring substituents is 2. The summed E-state index contributed by atoms with van der Waals surface area (Å²) in [7, 11) is 2.42. The number of anilines is 1. The van der Waals surface area contributed by atoms with Gasteiger partial charge in [0.15, 0.2) is 5.92 Å². The summed E-state index contributed by atoms with van der Waals surface area (Å²) < 4.78 is 0. The number of urea groups is 1. The van der Waals surface area contributed by atoms with Crippen LogP contribution in [0.25, 0.3) is 0 Å². The van der Waals surface area contributed by atoms with Crippen LogP contribution in [0.2, 0.25) is 0 Å². The second-order valence-corrected chi connectivity index (χ2v) is 5.59. The lowest BCUT2D eigenvalue weighted by molar-refractivity contribution is -0.393. The van der Waals surface area contributed by atoms with Gasteiger partial charge in [-0.2, -0.15) is 5.10 Å². The number of hydrazone groups is 1. The molecule has 0 saturated carbocycles. The van der Waals surface area contributed by atoms with E-state index in [1.54, 1.807) is 0 Å². The normalized spacial score (nSPS) is 16.0. The Hall–Kier alpha value is -3.90. The summed E-state index contributed by atoms with van der Waals surface area (Å²) in [5.74, 6) is -2.95. The quantitative estimate of drug-likeness (QED) is 0.342. The van der Waals surface area contributed by atoms with Crippen LogP contribution in [0.5, 0.6) is 0 Å². The number of rotatable bonds is 5. The van der Waals surface area contributed by atoms with E-state index in [1.165, 1.54) is 21.0 Å². The molecule has 1 aromatic carbocycles. The van der Waals surface area contributed by atoms with Crippen LogP contribution in [0.1, 0.15) is 6.92 Å². The topological polar surface area (TPSA) is 168 Å². The third-order valence-corrected chi connectivity index (χ3v) is 3.89. The molecule has 13 nitrogen and oxygen atoms in total. The highest BCUT2D eigenvalue weighted by Crippen LogP contribution is 2.29. The molecule has 1 aliphatic rings. The van der Waals surface area contributed by atoms with Gasteiger partial charge in [-0.1, -0.05) is 0 Å². The van der Waals surface area contributed by atoms with Crippen molar-refractivity contribution in [3.63, 3.8) is 0 Å². The first kappa shape index (κ1) is 19.4. The Morgan fingerprint density at radius 2 is 1.63 bits per heavy atom. The molecule has 1 N–H and O–H groups in total. The second-order valence-electron chi connectivity index (χ2n) is 5.59. The van der Waals surface area contributed by atoms with Gasteiger partial charge in [-0.3, -0.25) is 45.0 Å². The van der Waals surface area contributed by atoms with Crippen LogP contribution >= 0.6 is 0 Å². The number of carbonyl (C=O) groups excluding carboxylic acids is 3. The van der Waals surface area contributed by atoms with Crippen molar-refractivity contribution in [1.82, 2.24) is 9.80 Å². The minimum Gasteiger partial charge on any atom is -0.273 e. The van der Waals surface area contributed by atoms with E-state index in [1.807, 2.05) is 0 Å². The molecule has 1 saturated heterocycles. The number of imide groups is 2. The first-order valence-electron chi connectivity index (χ1n) is 7.38. The van der Waals surface area contributed by atoms with E-state index >= 15 is 0 Å². The van der Waals surface area contributed by atoms with Crippen LogP contribution in [0.3, 0.4) is 0 Å². The standard InChI is InChI=1S/C14H14N6O7/c1-7(11-12(21)17(2)14(23)18(3)13(11)22)15-16-9-5-4-8(19(24)25)6-10(9)20(26)27/h4-6,11,16H,1-3H3. The molecule has 2 rings (SSSR count). The van der Waals surface area contributed by atoms with Gasteiger partial charge in [0.2, 0.25) is 11.8 Å².